The molecule has 4 N–H and O–H groups in total. The SMILES string of the molecule is Cc1ccc2nc(C3CC3)cc(C(=O)Nc3ccccc3C(=O)NCCN)c2c1. The van der Waals surface area contributed by atoms with Crippen LogP contribution in [0.5, 0.6) is 0 Å². The third kappa shape index (κ3) is 4.12. The van der Waals surface area contributed by atoms with Crippen molar-refractivity contribution in [2.45, 2.75) is 25.7 Å². The van der Waals surface area contributed by atoms with Gasteiger partial charge in [-0.2, -0.15) is 0 Å². The number of nitrogens with zero attached hydrogens (tertiary/aromatic N) is 1. The molecule has 1 saturated carbocycles. The van der Waals surface area contributed by atoms with E-state index in [0.717, 1.165) is 35.0 Å². The number of aromatic nitrogens is 1. The fourth-order valence-corrected chi connectivity index (χ4v) is 3.40. The molecule has 6 heteroatoms. The van der Waals surface area contributed by atoms with Crippen molar-refractivity contribution >= 4 is 28.4 Å². The number of nitrogens with one attached hydrogen (secondary N) is 2. The summed E-state index contributed by atoms with van der Waals surface area (Å²) in [7, 11) is 0. The number of pyridine rings is 1. The van der Waals surface area contributed by atoms with E-state index in [9.17, 15) is 9.59 Å². The zero-order valence-corrected chi connectivity index (χ0v) is 16.4. The summed E-state index contributed by atoms with van der Waals surface area (Å²) in [5.74, 6) is -0.0778. The van der Waals surface area contributed by atoms with Gasteiger partial charge in [0.05, 0.1) is 22.3 Å². The topological polar surface area (TPSA) is 97.1 Å². The first-order chi connectivity index (χ1) is 14.1. The Bertz CT molecular complexity index is 1090. The summed E-state index contributed by atoms with van der Waals surface area (Å²) >= 11 is 0. The molecule has 0 unspecified atom stereocenters. The average molecular weight is 388 g/mol. The fourth-order valence-electron chi connectivity index (χ4n) is 3.40. The molecule has 6 nitrogen and oxygen atoms in total. The summed E-state index contributed by atoms with van der Waals surface area (Å²) in [6.45, 7) is 2.72. The van der Waals surface area contributed by atoms with E-state index in [2.05, 4.69) is 10.6 Å². The number of hydrogen-bond donors (Lipinski definition) is 3. The summed E-state index contributed by atoms with van der Waals surface area (Å²) in [5.41, 5.74) is 9.77. The number of nitrogens with two attached hydrogens (primary N) is 1. The minimum Gasteiger partial charge on any atom is -0.351 e. The second-order valence-corrected chi connectivity index (χ2v) is 7.43. The molecule has 2 amide bonds. The molecule has 0 bridgehead atoms. The Morgan fingerprint density at radius 3 is 2.62 bits per heavy atom. The van der Waals surface area contributed by atoms with Crippen LogP contribution in [0.1, 0.15) is 50.7 Å². The number of hydrogen-bond acceptors (Lipinski definition) is 4. The lowest BCUT2D eigenvalue weighted by Gasteiger charge is -2.13. The molecule has 0 radical (unpaired) electrons. The molecule has 0 aliphatic heterocycles. The van der Waals surface area contributed by atoms with E-state index in [1.165, 1.54) is 0 Å². The van der Waals surface area contributed by atoms with Crippen LogP contribution < -0.4 is 16.4 Å². The largest absolute Gasteiger partial charge is 0.351 e. The second kappa shape index (κ2) is 8.01. The van der Waals surface area contributed by atoms with Crippen LogP contribution >= 0.6 is 0 Å². The minimum atomic E-state index is -0.263. The standard InChI is InChI=1S/C23H24N4O2/c1-14-6-9-20-17(12-14)18(13-21(26-20)15-7-8-15)23(29)27-19-5-3-2-4-16(19)22(28)25-11-10-24/h2-6,9,12-13,15H,7-8,10-11,24H2,1H3,(H,25,28)(H,27,29). The summed E-state index contributed by atoms with van der Waals surface area (Å²) < 4.78 is 0. The van der Waals surface area contributed by atoms with E-state index in [1.54, 1.807) is 24.3 Å². The van der Waals surface area contributed by atoms with Crippen LogP contribution in [0.15, 0.2) is 48.5 Å². The van der Waals surface area contributed by atoms with Crippen molar-refractivity contribution in [3.63, 3.8) is 0 Å². The summed E-state index contributed by atoms with van der Waals surface area (Å²) in [6.07, 6.45) is 2.21. The van der Waals surface area contributed by atoms with E-state index in [0.29, 0.717) is 35.8 Å². The molecular weight excluding hydrogens is 364 g/mol. The van der Waals surface area contributed by atoms with Gasteiger partial charge in [0.1, 0.15) is 0 Å². The molecule has 1 aliphatic rings. The number of anilines is 1. The highest BCUT2D eigenvalue weighted by atomic mass is 16.2. The van der Waals surface area contributed by atoms with Crippen LogP contribution in [-0.2, 0) is 0 Å². The number of amides is 2. The molecule has 1 fully saturated rings. The van der Waals surface area contributed by atoms with E-state index in [1.807, 2.05) is 31.2 Å². The number of fused-ring (bicyclic) bond motifs is 1. The molecule has 4 rings (SSSR count). The summed E-state index contributed by atoms with van der Waals surface area (Å²) in [6, 6.07) is 14.8. The zero-order valence-electron chi connectivity index (χ0n) is 16.4. The van der Waals surface area contributed by atoms with Gasteiger partial charge in [0.25, 0.3) is 11.8 Å². The average Bonchev–Trinajstić information content (AvgIpc) is 3.57. The number of benzene rings is 2. The monoisotopic (exact) mass is 388 g/mol. The van der Waals surface area contributed by atoms with Crippen LogP contribution in [0.4, 0.5) is 5.69 Å². The van der Waals surface area contributed by atoms with Crippen molar-refractivity contribution in [2.75, 3.05) is 18.4 Å². The molecule has 148 valence electrons. The first-order valence-electron chi connectivity index (χ1n) is 9.87. The Hall–Kier alpha value is -3.25. The van der Waals surface area contributed by atoms with Crippen LogP contribution in [-0.4, -0.2) is 29.9 Å². The van der Waals surface area contributed by atoms with E-state index in [4.69, 9.17) is 10.7 Å². The molecule has 2 aromatic carbocycles. The quantitative estimate of drug-likeness (QED) is 0.603. The lowest BCUT2D eigenvalue weighted by atomic mass is 10.0. The number of aryl methyl sites for hydroxylation is 1. The van der Waals surface area contributed by atoms with Gasteiger partial charge in [0, 0.05) is 30.1 Å². The normalized spacial score (nSPS) is 13.3. The second-order valence-electron chi connectivity index (χ2n) is 7.43. The Morgan fingerprint density at radius 1 is 1.07 bits per heavy atom. The summed E-state index contributed by atoms with van der Waals surface area (Å²) in [5, 5.41) is 6.49. The Morgan fingerprint density at radius 2 is 1.86 bits per heavy atom. The number of carbonyl (C=O) groups excluding carboxylic acids is 2. The van der Waals surface area contributed by atoms with Gasteiger partial charge in [0.2, 0.25) is 0 Å². The van der Waals surface area contributed by atoms with Gasteiger partial charge >= 0.3 is 0 Å². The van der Waals surface area contributed by atoms with Crippen LogP contribution in [0.3, 0.4) is 0 Å². The third-order valence-electron chi connectivity index (χ3n) is 5.07. The Balaban J connectivity index is 1.70. The summed E-state index contributed by atoms with van der Waals surface area (Å²) in [4.78, 5) is 30.4. The van der Waals surface area contributed by atoms with Gasteiger partial charge in [-0.05, 0) is 50.1 Å². The van der Waals surface area contributed by atoms with Crippen molar-refractivity contribution in [3.8, 4) is 0 Å². The van der Waals surface area contributed by atoms with Gasteiger partial charge in [-0.3, -0.25) is 14.6 Å². The van der Waals surface area contributed by atoms with Gasteiger partial charge in [-0.1, -0.05) is 23.8 Å². The molecule has 29 heavy (non-hydrogen) atoms. The zero-order chi connectivity index (χ0) is 20.4. The number of carbonyl (C=O) groups is 2. The molecule has 3 aromatic rings. The molecule has 1 heterocycles. The highest BCUT2D eigenvalue weighted by molar-refractivity contribution is 6.14. The predicted molar refractivity (Wildman–Crippen MR) is 114 cm³/mol. The van der Waals surface area contributed by atoms with E-state index >= 15 is 0 Å². The smallest absolute Gasteiger partial charge is 0.256 e. The van der Waals surface area contributed by atoms with Crippen molar-refractivity contribution in [1.29, 1.82) is 0 Å². The number of rotatable bonds is 6. The maximum atomic E-state index is 13.2. The van der Waals surface area contributed by atoms with Gasteiger partial charge in [-0.15, -0.1) is 0 Å². The van der Waals surface area contributed by atoms with Crippen molar-refractivity contribution in [3.05, 3.63) is 70.9 Å². The predicted octanol–water partition coefficient (Wildman–Crippen LogP) is 3.36. The maximum absolute atomic E-state index is 13.2. The highest BCUT2D eigenvalue weighted by Crippen LogP contribution is 2.40. The molecule has 0 atom stereocenters. The fraction of sp³-hybridized carbons (Fsp3) is 0.261. The van der Waals surface area contributed by atoms with Gasteiger partial charge < -0.3 is 16.4 Å². The van der Waals surface area contributed by atoms with Crippen LogP contribution in [0, 0.1) is 6.92 Å². The van der Waals surface area contributed by atoms with Crippen LogP contribution in [0.25, 0.3) is 10.9 Å². The lowest BCUT2D eigenvalue weighted by Crippen LogP contribution is -2.30. The highest BCUT2D eigenvalue weighted by Gasteiger charge is 2.27. The number of para-hydroxylation sites is 1. The molecule has 1 aromatic heterocycles. The first-order valence-corrected chi connectivity index (χ1v) is 9.87. The minimum absolute atomic E-state index is 0.246. The Labute approximate surface area is 169 Å². The van der Waals surface area contributed by atoms with Gasteiger partial charge in [0.15, 0.2) is 0 Å². The molecule has 1 aliphatic carbocycles. The molecule has 0 spiro atoms. The van der Waals surface area contributed by atoms with Gasteiger partial charge in [-0.25, -0.2) is 0 Å². The molecular formula is C23H24N4O2. The first kappa shape index (κ1) is 19.1. The van der Waals surface area contributed by atoms with Crippen molar-refractivity contribution < 1.29 is 9.59 Å². The van der Waals surface area contributed by atoms with E-state index < -0.39 is 0 Å². The van der Waals surface area contributed by atoms with Crippen molar-refractivity contribution in [1.82, 2.24) is 10.3 Å². The lowest BCUT2D eigenvalue weighted by molar-refractivity contribution is 0.0955. The Kier molecular flexibility index (Phi) is 5.27. The van der Waals surface area contributed by atoms with Crippen molar-refractivity contribution in [2.24, 2.45) is 5.73 Å². The molecule has 0 saturated heterocycles. The van der Waals surface area contributed by atoms with Crippen LogP contribution in [0.2, 0.25) is 0 Å². The van der Waals surface area contributed by atoms with E-state index in [-0.39, 0.29) is 11.8 Å². The maximum Gasteiger partial charge on any atom is 0.256 e. The third-order valence-corrected chi connectivity index (χ3v) is 5.07.